The number of hydrogen-bond donors (Lipinski definition) is 4. The van der Waals surface area contributed by atoms with Gasteiger partial charge in [-0.05, 0) is 37.8 Å². The Morgan fingerprint density at radius 3 is 2.62 bits per heavy atom. The van der Waals surface area contributed by atoms with Crippen LogP contribution >= 0.6 is 11.6 Å². The van der Waals surface area contributed by atoms with E-state index in [1.165, 1.54) is 10.7 Å². The van der Waals surface area contributed by atoms with Crippen molar-refractivity contribution in [3.05, 3.63) is 34.6 Å². The number of nitrogens with zero attached hydrogens (tertiary/aromatic N) is 8. The largest absolute Gasteiger partial charge is 0.465 e. The number of ether oxygens (including phenoxy) is 1. The summed E-state index contributed by atoms with van der Waals surface area (Å²) in [7, 11) is 1.61. The average Bonchev–Trinajstić information content (AvgIpc) is 3.56. The van der Waals surface area contributed by atoms with Crippen LogP contribution < -0.4 is 20.9 Å². The zero-order valence-electron chi connectivity index (χ0n) is 22.9. The van der Waals surface area contributed by atoms with Gasteiger partial charge in [0.25, 0.3) is 0 Å². The van der Waals surface area contributed by atoms with Crippen molar-refractivity contribution < 1.29 is 14.6 Å². The summed E-state index contributed by atoms with van der Waals surface area (Å²) >= 11 is 6.93. The van der Waals surface area contributed by atoms with E-state index in [1.807, 2.05) is 0 Å². The number of aromatic nitrogens is 4. The van der Waals surface area contributed by atoms with Crippen LogP contribution in [0.5, 0.6) is 0 Å². The molecule has 1 amide bonds. The molecule has 218 valence electrons. The van der Waals surface area contributed by atoms with Crippen LogP contribution in [0.3, 0.4) is 0 Å². The minimum atomic E-state index is -1.05. The number of amides is 1. The lowest BCUT2D eigenvalue weighted by molar-refractivity contribution is 0.0830. The molecule has 42 heavy (non-hydrogen) atoms. The van der Waals surface area contributed by atoms with Crippen LogP contribution in [0.25, 0.3) is 5.65 Å². The number of nitriles is 2. The Morgan fingerprint density at radius 1 is 1.17 bits per heavy atom. The number of likely N-dealkylation sites (tertiary alicyclic amines) is 1. The van der Waals surface area contributed by atoms with Crippen LogP contribution in [0, 0.1) is 22.7 Å². The second-order valence-corrected chi connectivity index (χ2v) is 11.2. The lowest BCUT2D eigenvalue weighted by Gasteiger charge is -2.38. The Balaban J connectivity index is 1.21. The molecular formula is C27H30ClN11O3. The minimum absolute atomic E-state index is 0.192. The van der Waals surface area contributed by atoms with Crippen LogP contribution in [0.4, 0.5) is 27.9 Å². The molecule has 4 heterocycles. The number of hydrogen-bond acceptors (Lipinski definition) is 11. The monoisotopic (exact) mass is 591 g/mol. The maximum atomic E-state index is 11.2. The maximum absolute atomic E-state index is 11.2. The van der Waals surface area contributed by atoms with E-state index in [2.05, 4.69) is 53.0 Å². The van der Waals surface area contributed by atoms with Gasteiger partial charge in [0.15, 0.2) is 17.2 Å². The van der Waals surface area contributed by atoms with E-state index in [0.29, 0.717) is 60.0 Å². The number of benzene rings is 1. The fourth-order valence-electron chi connectivity index (χ4n) is 5.75. The number of rotatable bonds is 8. The number of fused-ring (bicyclic) bond motifs is 1. The summed E-state index contributed by atoms with van der Waals surface area (Å²) in [6.45, 7) is 2.68. The Bertz CT molecular complexity index is 1590. The van der Waals surface area contributed by atoms with E-state index in [0.717, 1.165) is 31.4 Å². The Hall–Kier alpha value is -4.37. The number of methoxy groups -OCH3 is 1. The molecule has 2 aliphatic heterocycles. The van der Waals surface area contributed by atoms with Crippen LogP contribution in [0.15, 0.2) is 18.3 Å². The second kappa shape index (κ2) is 11.5. The topological polar surface area (TPSA) is 180 Å². The first kappa shape index (κ1) is 27.8. The third kappa shape index (κ3) is 5.56. The quantitative estimate of drug-likeness (QED) is 0.301. The molecule has 1 aliphatic carbocycles. The molecule has 14 nitrogen and oxygen atoms in total. The molecule has 6 rings (SSSR count). The maximum Gasteiger partial charge on any atom is 0.405 e. The third-order valence-electron chi connectivity index (χ3n) is 8.05. The van der Waals surface area contributed by atoms with Crippen molar-refractivity contribution in [1.29, 1.82) is 10.5 Å². The van der Waals surface area contributed by atoms with E-state index in [4.69, 9.17) is 16.3 Å². The van der Waals surface area contributed by atoms with Crippen LogP contribution in [0.1, 0.15) is 36.9 Å². The minimum Gasteiger partial charge on any atom is -0.465 e. The fraction of sp³-hybridized carbons (Fsp3) is 0.481. The summed E-state index contributed by atoms with van der Waals surface area (Å²) in [5.41, 5.74) is 2.38. The van der Waals surface area contributed by atoms with Gasteiger partial charge in [-0.15, -0.1) is 5.10 Å². The number of imidazole rings is 1. The smallest absolute Gasteiger partial charge is 0.405 e. The summed E-state index contributed by atoms with van der Waals surface area (Å²) in [5, 5.41) is 42.5. The van der Waals surface area contributed by atoms with Crippen molar-refractivity contribution in [3.8, 4) is 12.1 Å². The highest BCUT2D eigenvalue weighted by Crippen LogP contribution is 2.38. The molecule has 0 unspecified atom stereocenters. The Morgan fingerprint density at radius 2 is 1.95 bits per heavy atom. The van der Waals surface area contributed by atoms with E-state index in [-0.39, 0.29) is 29.8 Å². The van der Waals surface area contributed by atoms with E-state index >= 15 is 0 Å². The molecular weight excluding hydrogens is 562 g/mol. The summed E-state index contributed by atoms with van der Waals surface area (Å²) < 4.78 is 6.97. The van der Waals surface area contributed by atoms with Gasteiger partial charge in [0.05, 0.1) is 46.4 Å². The van der Waals surface area contributed by atoms with Crippen LogP contribution in [-0.2, 0) is 4.74 Å². The number of nitrogens with one attached hydrogen (secondary N) is 3. The van der Waals surface area contributed by atoms with Gasteiger partial charge in [-0.25, -0.2) is 9.78 Å². The van der Waals surface area contributed by atoms with Crippen LogP contribution in [-0.4, -0.2) is 93.2 Å². The SMILES string of the molecule is CO[C@@H]1CN(C2CCN(c3cc(C#N)cc(Nc4nc(NC5CC5)c5ncc(C#N)n5n4)c3Cl)CC2)C[C@@H]1NC(=O)O. The Kier molecular flexibility index (Phi) is 7.60. The predicted octanol–water partition coefficient (Wildman–Crippen LogP) is 2.77. The first-order valence-corrected chi connectivity index (χ1v) is 14.2. The normalized spacial score (nSPS) is 21.2. The molecule has 2 aromatic heterocycles. The van der Waals surface area contributed by atoms with Gasteiger partial charge in [-0.1, -0.05) is 11.6 Å². The van der Waals surface area contributed by atoms with Gasteiger partial charge >= 0.3 is 6.09 Å². The summed E-state index contributed by atoms with van der Waals surface area (Å²) in [4.78, 5) is 24.6. The molecule has 3 aromatic rings. The molecule has 3 fully saturated rings. The highest BCUT2D eigenvalue weighted by atomic mass is 35.5. The molecule has 4 N–H and O–H groups in total. The van der Waals surface area contributed by atoms with E-state index < -0.39 is 6.09 Å². The van der Waals surface area contributed by atoms with Gasteiger partial charge in [0.2, 0.25) is 5.95 Å². The molecule has 0 bridgehead atoms. The lowest BCUT2D eigenvalue weighted by Crippen LogP contribution is -2.45. The van der Waals surface area contributed by atoms with Gasteiger partial charge in [-0.3, -0.25) is 4.90 Å². The van der Waals surface area contributed by atoms with Crippen molar-refractivity contribution >= 4 is 46.5 Å². The van der Waals surface area contributed by atoms with Crippen molar-refractivity contribution in [2.45, 2.75) is 49.9 Å². The number of anilines is 4. The third-order valence-corrected chi connectivity index (χ3v) is 8.45. The first-order chi connectivity index (χ1) is 20.4. The lowest BCUT2D eigenvalue weighted by atomic mass is 10.0. The van der Waals surface area contributed by atoms with Crippen LogP contribution in [0.2, 0.25) is 5.02 Å². The molecule has 2 saturated heterocycles. The number of carboxylic acid groups (broad SMARTS) is 1. The van der Waals surface area contributed by atoms with E-state index in [9.17, 15) is 20.4 Å². The van der Waals surface area contributed by atoms with Crippen molar-refractivity contribution in [2.24, 2.45) is 0 Å². The fourth-order valence-corrected chi connectivity index (χ4v) is 6.03. The molecule has 1 saturated carbocycles. The Labute approximate surface area is 246 Å². The number of carbonyl (C=O) groups is 1. The van der Waals surface area contributed by atoms with Crippen molar-refractivity contribution in [2.75, 3.05) is 48.8 Å². The number of halogens is 1. The van der Waals surface area contributed by atoms with Gasteiger partial charge in [0, 0.05) is 45.4 Å². The van der Waals surface area contributed by atoms with E-state index in [1.54, 1.807) is 19.2 Å². The highest BCUT2D eigenvalue weighted by molar-refractivity contribution is 6.36. The average molecular weight is 592 g/mol. The zero-order chi connectivity index (χ0) is 29.4. The van der Waals surface area contributed by atoms with Gasteiger partial charge < -0.3 is 30.7 Å². The van der Waals surface area contributed by atoms with Gasteiger partial charge in [0.1, 0.15) is 6.07 Å². The molecule has 0 spiro atoms. The number of piperidine rings is 1. The van der Waals surface area contributed by atoms with Gasteiger partial charge in [-0.2, -0.15) is 20.0 Å². The zero-order valence-corrected chi connectivity index (χ0v) is 23.7. The standard InChI is InChI=1S/C27H30ClN11O3/c1-42-22-14-38(13-20(22)34-27(40)41)17-4-6-37(7-5-17)21-9-15(10-29)8-19(23(21)28)33-26-35-24(32-16-2-3-16)25-31-12-18(11-30)39(25)36-26/h8-9,12,16-17,20,22,34H,2-7,13-14H2,1H3,(H,40,41)(H2,32,33,35,36)/t20-,22+/m0/s1. The molecule has 1 aromatic carbocycles. The molecule has 2 atom stereocenters. The predicted molar refractivity (Wildman–Crippen MR) is 154 cm³/mol. The summed E-state index contributed by atoms with van der Waals surface area (Å²) in [5.74, 6) is 0.734. The highest BCUT2D eigenvalue weighted by Gasteiger charge is 2.38. The molecule has 15 heteroatoms. The van der Waals surface area contributed by atoms with Crippen molar-refractivity contribution in [3.63, 3.8) is 0 Å². The van der Waals surface area contributed by atoms with Crippen molar-refractivity contribution in [1.82, 2.24) is 29.8 Å². The molecule has 3 aliphatic rings. The summed E-state index contributed by atoms with van der Waals surface area (Å²) in [6, 6.07) is 8.07. The molecule has 0 radical (unpaired) electrons. The summed E-state index contributed by atoms with van der Waals surface area (Å²) in [6.07, 6.45) is 3.97. The second-order valence-electron chi connectivity index (χ2n) is 10.8. The first-order valence-electron chi connectivity index (χ1n) is 13.8.